The van der Waals surface area contributed by atoms with E-state index in [1.54, 1.807) is 43.5 Å². The molecular weight excluding hydrogens is 832 g/mol. The standard InChI is InChI=1S/C40H38Cl2IN3O7/c1-52-24-11-8-21(9-12-24)40-28(37(49)46(39(40)51)44-31-15-10-22(41)18-29(31)42)19-27-25(34(40)20-16-30(43)35(47)32(17-20)53-2)13-14-26-33(27)38(50)45(36(26)48)23-6-4-3-5-7-23/h8-13,15-18,23,26-28,33-34,44,47H,3-7,14,19H2,1-2H3/t26-,27+,28-,33-,34-,40+/m0/s1. The molecule has 8 rings (SSSR count). The topological polar surface area (TPSA) is 125 Å². The third kappa shape index (κ3) is 5.54. The van der Waals surface area contributed by atoms with Gasteiger partial charge in [-0.05, 0) is 108 Å². The van der Waals surface area contributed by atoms with Crippen molar-refractivity contribution in [3.63, 3.8) is 0 Å². The number of hydrogen-bond acceptors (Lipinski definition) is 8. The van der Waals surface area contributed by atoms with Gasteiger partial charge in [-0.2, -0.15) is 5.01 Å². The van der Waals surface area contributed by atoms with Crippen molar-refractivity contribution in [2.75, 3.05) is 19.6 Å². The molecule has 276 valence electrons. The number of nitrogens with zero attached hydrogens (tertiary/aromatic N) is 2. The molecule has 0 aromatic heterocycles. The minimum atomic E-state index is -1.52. The van der Waals surface area contributed by atoms with Gasteiger partial charge in [-0.15, -0.1) is 0 Å². The molecule has 10 nitrogen and oxygen atoms in total. The van der Waals surface area contributed by atoms with E-state index in [2.05, 4.69) is 5.43 Å². The molecule has 0 unspecified atom stereocenters. The van der Waals surface area contributed by atoms with Crippen LogP contribution in [0.25, 0.3) is 0 Å². The third-order valence-electron chi connectivity index (χ3n) is 12.2. The molecule has 3 aromatic carbocycles. The average molecular weight is 871 g/mol. The van der Waals surface area contributed by atoms with Gasteiger partial charge in [0.05, 0.1) is 51.7 Å². The molecule has 3 aromatic rings. The lowest BCUT2D eigenvalue weighted by Gasteiger charge is -2.50. The highest BCUT2D eigenvalue weighted by Gasteiger charge is 2.70. The van der Waals surface area contributed by atoms with Crippen LogP contribution in [0.15, 0.2) is 66.2 Å². The zero-order chi connectivity index (χ0) is 37.3. The Morgan fingerprint density at radius 2 is 1.62 bits per heavy atom. The van der Waals surface area contributed by atoms with Gasteiger partial charge in [-0.1, -0.05) is 66.2 Å². The SMILES string of the molecule is COc1ccc([C@@]23C(=O)N(Nc4ccc(Cl)cc4Cl)C(=O)[C@@H]2C[C@@H]2C(=CC[C@@H]4C(=O)N(C5CCCCC5)C(=O)[C@@H]42)[C@@H]3c2cc(I)c(O)c(OC)c2)cc1. The second kappa shape index (κ2) is 13.8. The molecule has 2 aliphatic heterocycles. The van der Waals surface area contributed by atoms with Gasteiger partial charge >= 0.3 is 0 Å². The summed E-state index contributed by atoms with van der Waals surface area (Å²) >= 11 is 14.8. The third-order valence-corrected chi connectivity index (χ3v) is 13.5. The van der Waals surface area contributed by atoms with Crippen molar-refractivity contribution in [2.24, 2.45) is 23.7 Å². The molecule has 2 saturated carbocycles. The average Bonchev–Trinajstić information content (AvgIpc) is 3.54. The highest BCUT2D eigenvalue weighted by atomic mass is 127. The fourth-order valence-electron chi connectivity index (χ4n) is 9.86. The number of anilines is 1. The van der Waals surface area contributed by atoms with Gasteiger partial charge in [0.15, 0.2) is 11.5 Å². The van der Waals surface area contributed by atoms with Gasteiger partial charge in [0.25, 0.3) is 11.8 Å². The normalized spacial score (nSPS) is 28.4. The van der Waals surface area contributed by atoms with Crippen molar-refractivity contribution in [3.05, 3.63) is 91.0 Å². The van der Waals surface area contributed by atoms with E-state index in [1.165, 1.54) is 18.1 Å². The molecule has 0 bridgehead atoms. The number of ether oxygens (including phenoxy) is 2. The Labute approximate surface area is 330 Å². The second-order valence-corrected chi connectivity index (χ2v) is 16.6. The second-order valence-electron chi connectivity index (χ2n) is 14.6. The number of amides is 4. The molecule has 2 saturated heterocycles. The number of phenolic OH excluding ortho intramolecular Hbond substituents is 1. The van der Waals surface area contributed by atoms with Crippen molar-refractivity contribution in [1.29, 1.82) is 0 Å². The predicted molar refractivity (Wildman–Crippen MR) is 207 cm³/mol. The van der Waals surface area contributed by atoms with Crippen molar-refractivity contribution < 1.29 is 33.8 Å². The molecule has 53 heavy (non-hydrogen) atoms. The summed E-state index contributed by atoms with van der Waals surface area (Å²) < 4.78 is 11.6. The van der Waals surface area contributed by atoms with Gasteiger partial charge in [0.2, 0.25) is 11.8 Å². The predicted octanol–water partition coefficient (Wildman–Crippen LogP) is 7.64. The van der Waals surface area contributed by atoms with E-state index in [1.807, 2.05) is 40.8 Å². The van der Waals surface area contributed by atoms with E-state index in [4.69, 9.17) is 32.7 Å². The number of hydrazine groups is 1. The lowest BCUT2D eigenvalue weighted by Crippen LogP contribution is -2.53. The summed E-state index contributed by atoms with van der Waals surface area (Å²) in [6, 6.07) is 15.3. The van der Waals surface area contributed by atoms with Crippen LogP contribution < -0.4 is 14.9 Å². The van der Waals surface area contributed by atoms with Crippen molar-refractivity contribution in [1.82, 2.24) is 9.91 Å². The molecule has 4 fully saturated rings. The number of carbonyl (C=O) groups is 4. The van der Waals surface area contributed by atoms with E-state index in [0.717, 1.165) is 42.7 Å². The molecule has 13 heteroatoms. The monoisotopic (exact) mass is 869 g/mol. The number of halogens is 3. The summed E-state index contributed by atoms with van der Waals surface area (Å²) in [6.07, 6.45) is 7.14. The summed E-state index contributed by atoms with van der Waals surface area (Å²) in [5.74, 6) is -4.05. The first-order chi connectivity index (χ1) is 25.5. The van der Waals surface area contributed by atoms with Gasteiger partial charge in [-0.25, -0.2) is 0 Å². The van der Waals surface area contributed by atoms with E-state index in [0.29, 0.717) is 37.6 Å². The Morgan fingerprint density at radius 1 is 0.887 bits per heavy atom. The molecule has 3 aliphatic carbocycles. The molecular formula is C40H38Cl2IN3O7. The summed E-state index contributed by atoms with van der Waals surface area (Å²) in [5, 5.41) is 12.6. The molecule has 2 heterocycles. The fraction of sp³-hybridized carbons (Fsp3) is 0.400. The van der Waals surface area contributed by atoms with Gasteiger partial charge in [0.1, 0.15) is 5.75 Å². The van der Waals surface area contributed by atoms with Crippen molar-refractivity contribution >= 4 is 75.1 Å². The van der Waals surface area contributed by atoms with Gasteiger partial charge in [0, 0.05) is 17.0 Å². The Hall–Kier alpha value is -3.81. The van der Waals surface area contributed by atoms with Crippen LogP contribution in [0.5, 0.6) is 17.2 Å². The van der Waals surface area contributed by atoms with E-state index >= 15 is 4.79 Å². The number of hydrogen-bond donors (Lipinski definition) is 2. The number of carbonyl (C=O) groups excluding carboxylic acids is 4. The fourth-order valence-corrected chi connectivity index (χ4v) is 10.9. The lowest BCUT2D eigenvalue weighted by atomic mass is 9.49. The maximum Gasteiger partial charge on any atom is 0.260 e. The number of nitrogens with one attached hydrogen (secondary N) is 1. The number of allylic oxidation sites excluding steroid dienone is 2. The minimum Gasteiger partial charge on any atom is -0.504 e. The Bertz CT molecular complexity index is 2070. The molecule has 6 atom stereocenters. The van der Waals surface area contributed by atoms with Crippen LogP contribution in [-0.4, -0.2) is 58.9 Å². The maximum absolute atomic E-state index is 15.5. The largest absolute Gasteiger partial charge is 0.504 e. The highest BCUT2D eigenvalue weighted by molar-refractivity contribution is 14.1. The molecule has 2 N–H and O–H groups in total. The van der Waals surface area contributed by atoms with Crippen LogP contribution in [-0.2, 0) is 24.6 Å². The Morgan fingerprint density at radius 3 is 2.30 bits per heavy atom. The number of methoxy groups -OCH3 is 2. The number of phenols is 1. The Kier molecular flexibility index (Phi) is 9.42. The quantitative estimate of drug-likeness (QED) is 0.141. The van der Waals surface area contributed by atoms with Crippen LogP contribution in [0, 0.1) is 27.2 Å². The first-order valence-corrected chi connectivity index (χ1v) is 19.7. The van der Waals surface area contributed by atoms with Crippen LogP contribution in [0.4, 0.5) is 5.69 Å². The highest BCUT2D eigenvalue weighted by Crippen LogP contribution is 2.65. The zero-order valence-electron chi connectivity index (χ0n) is 29.1. The number of aromatic hydroxyl groups is 1. The van der Waals surface area contributed by atoms with Gasteiger partial charge < -0.3 is 14.6 Å². The van der Waals surface area contributed by atoms with Crippen LogP contribution in [0.1, 0.15) is 62.0 Å². The zero-order valence-corrected chi connectivity index (χ0v) is 32.8. The number of likely N-dealkylation sites (tertiary alicyclic amines) is 1. The first-order valence-electron chi connectivity index (χ1n) is 17.9. The molecule has 4 amide bonds. The van der Waals surface area contributed by atoms with Crippen molar-refractivity contribution in [3.8, 4) is 17.2 Å². The van der Waals surface area contributed by atoms with Crippen LogP contribution in [0.3, 0.4) is 0 Å². The molecule has 0 radical (unpaired) electrons. The summed E-state index contributed by atoms with van der Waals surface area (Å²) in [5.41, 5.74) is 3.85. The van der Waals surface area contributed by atoms with E-state index in [9.17, 15) is 19.5 Å². The van der Waals surface area contributed by atoms with Crippen molar-refractivity contribution in [2.45, 2.75) is 62.3 Å². The summed E-state index contributed by atoms with van der Waals surface area (Å²) in [6.45, 7) is 0. The summed E-state index contributed by atoms with van der Waals surface area (Å²) in [4.78, 5) is 60.7. The Balaban J connectivity index is 1.34. The number of imide groups is 2. The lowest BCUT2D eigenvalue weighted by molar-refractivity contribution is -0.144. The minimum absolute atomic E-state index is 0.0499. The molecule has 0 spiro atoms. The smallest absolute Gasteiger partial charge is 0.260 e. The van der Waals surface area contributed by atoms with Crippen LogP contribution in [0.2, 0.25) is 10.0 Å². The number of fused-ring (bicyclic) bond motifs is 4. The number of benzene rings is 3. The van der Waals surface area contributed by atoms with E-state index in [-0.39, 0.29) is 40.8 Å². The maximum atomic E-state index is 15.5. The van der Waals surface area contributed by atoms with Crippen LogP contribution >= 0.6 is 45.8 Å². The van der Waals surface area contributed by atoms with E-state index < -0.39 is 46.8 Å². The molecule has 5 aliphatic rings. The number of rotatable bonds is 7. The summed E-state index contributed by atoms with van der Waals surface area (Å²) in [7, 11) is 3.01. The van der Waals surface area contributed by atoms with Gasteiger partial charge in [-0.3, -0.25) is 29.5 Å². The first kappa shape index (κ1) is 36.2.